The SMILES string of the molecule is CCOc1ccccc1N(CC(=O)NC(C)c1cc(C(C)C)c(OC)cc1C)S(C)(=O)=O. The number of nitrogens with zero attached hydrogens (tertiary/aromatic N) is 1. The number of methoxy groups -OCH3 is 1. The van der Waals surface area contributed by atoms with Gasteiger partial charge in [-0.3, -0.25) is 9.10 Å². The Morgan fingerprint density at radius 3 is 2.31 bits per heavy atom. The largest absolute Gasteiger partial charge is 0.496 e. The maximum Gasteiger partial charge on any atom is 0.241 e. The number of hydrogen-bond donors (Lipinski definition) is 1. The molecule has 7 nitrogen and oxygen atoms in total. The van der Waals surface area contributed by atoms with E-state index in [4.69, 9.17) is 9.47 Å². The van der Waals surface area contributed by atoms with Crippen molar-refractivity contribution in [2.45, 2.75) is 46.6 Å². The summed E-state index contributed by atoms with van der Waals surface area (Å²) < 4.78 is 37.1. The number of rotatable bonds is 10. The molecule has 0 bridgehead atoms. The van der Waals surface area contributed by atoms with Crippen LogP contribution in [0.4, 0.5) is 5.69 Å². The van der Waals surface area contributed by atoms with Crippen LogP contribution in [0.15, 0.2) is 36.4 Å². The highest BCUT2D eigenvalue weighted by molar-refractivity contribution is 7.92. The van der Waals surface area contributed by atoms with Crippen LogP contribution in [0, 0.1) is 6.92 Å². The number of hydrogen-bond acceptors (Lipinski definition) is 5. The van der Waals surface area contributed by atoms with Gasteiger partial charge in [0.2, 0.25) is 15.9 Å². The lowest BCUT2D eigenvalue weighted by molar-refractivity contribution is -0.120. The van der Waals surface area contributed by atoms with Crippen LogP contribution in [0.25, 0.3) is 0 Å². The standard InChI is InChI=1S/C24H34N2O5S/c1-8-31-22-12-10-9-11-21(22)26(32(7,28)29)15-24(27)25-18(5)20-14-19(16(2)3)23(30-6)13-17(20)4/h9-14,16,18H,8,15H2,1-7H3,(H,25,27). The fourth-order valence-electron chi connectivity index (χ4n) is 3.63. The van der Waals surface area contributed by atoms with Crippen molar-refractivity contribution >= 4 is 21.6 Å². The van der Waals surface area contributed by atoms with Gasteiger partial charge in [0, 0.05) is 0 Å². The van der Waals surface area contributed by atoms with Crippen LogP contribution >= 0.6 is 0 Å². The molecule has 2 aromatic rings. The Labute approximate surface area is 191 Å². The predicted molar refractivity (Wildman–Crippen MR) is 128 cm³/mol. The molecule has 0 aromatic heterocycles. The molecular weight excluding hydrogens is 428 g/mol. The molecule has 8 heteroatoms. The number of benzene rings is 2. The summed E-state index contributed by atoms with van der Waals surface area (Å²) in [7, 11) is -2.07. The average molecular weight is 463 g/mol. The number of amides is 1. The molecule has 1 amide bonds. The lowest BCUT2D eigenvalue weighted by Crippen LogP contribution is -2.41. The van der Waals surface area contributed by atoms with Crippen LogP contribution in [0.1, 0.15) is 56.3 Å². The molecule has 1 unspecified atom stereocenters. The smallest absolute Gasteiger partial charge is 0.241 e. The molecule has 0 heterocycles. The van der Waals surface area contributed by atoms with Gasteiger partial charge in [-0.1, -0.05) is 26.0 Å². The zero-order chi connectivity index (χ0) is 24.1. The van der Waals surface area contributed by atoms with Crippen molar-refractivity contribution in [2.24, 2.45) is 0 Å². The summed E-state index contributed by atoms with van der Waals surface area (Å²) in [5, 5.41) is 2.94. The van der Waals surface area contributed by atoms with Crippen molar-refractivity contribution in [1.29, 1.82) is 0 Å². The molecule has 0 aliphatic heterocycles. The second-order valence-electron chi connectivity index (χ2n) is 8.07. The van der Waals surface area contributed by atoms with Gasteiger partial charge in [0.25, 0.3) is 0 Å². The molecule has 2 rings (SSSR count). The van der Waals surface area contributed by atoms with Gasteiger partial charge in [0.1, 0.15) is 18.0 Å². The molecule has 0 aliphatic rings. The van der Waals surface area contributed by atoms with Crippen molar-refractivity contribution in [3.8, 4) is 11.5 Å². The number of para-hydroxylation sites is 2. The Hall–Kier alpha value is -2.74. The van der Waals surface area contributed by atoms with Gasteiger partial charge in [0.15, 0.2) is 0 Å². The maximum absolute atomic E-state index is 12.9. The van der Waals surface area contributed by atoms with Crippen LogP contribution in [0.5, 0.6) is 11.5 Å². The Kier molecular flexibility index (Phi) is 8.55. The molecule has 176 valence electrons. The Morgan fingerprint density at radius 2 is 1.75 bits per heavy atom. The fraction of sp³-hybridized carbons (Fsp3) is 0.458. The first-order valence-electron chi connectivity index (χ1n) is 10.7. The molecule has 0 spiro atoms. The normalized spacial score (nSPS) is 12.4. The molecule has 0 aliphatic carbocycles. The zero-order valence-corrected chi connectivity index (χ0v) is 20.7. The number of carbonyl (C=O) groups excluding carboxylic acids is 1. The van der Waals surface area contributed by atoms with Crippen LogP contribution in [-0.2, 0) is 14.8 Å². The van der Waals surface area contributed by atoms with Gasteiger partial charge in [0.05, 0.1) is 31.7 Å². The van der Waals surface area contributed by atoms with E-state index in [-0.39, 0.29) is 18.5 Å². The monoisotopic (exact) mass is 462 g/mol. The highest BCUT2D eigenvalue weighted by atomic mass is 32.2. The third-order valence-corrected chi connectivity index (χ3v) is 6.33. The second kappa shape index (κ2) is 10.7. The fourth-order valence-corrected chi connectivity index (χ4v) is 4.49. The first-order valence-corrected chi connectivity index (χ1v) is 12.5. The Bertz CT molecular complexity index is 1050. The third kappa shape index (κ3) is 6.16. The predicted octanol–water partition coefficient (Wildman–Crippen LogP) is 4.17. The lowest BCUT2D eigenvalue weighted by atomic mass is 9.93. The number of ether oxygens (including phenoxy) is 2. The van der Waals surface area contributed by atoms with E-state index in [2.05, 4.69) is 19.2 Å². The van der Waals surface area contributed by atoms with E-state index in [1.54, 1.807) is 31.4 Å². The van der Waals surface area contributed by atoms with E-state index in [0.717, 1.165) is 33.0 Å². The van der Waals surface area contributed by atoms with Gasteiger partial charge in [-0.05, 0) is 67.6 Å². The van der Waals surface area contributed by atoms with E-state index in [1.165, 1.54) is 0 Å². The first-order chi connectivity index (χ1) is 15.0. The Balaban J connectivity index is 2.29. The second-order valence-corrected chi connectivity index (χ2v) is 9.97. The molecule has 1 N–H and O–H groups in total. The van der Waals surface area contributed by atoms with Gasteiger partial charge in [-0.25, -0.2) is 8.42 Å². The van der Waals surface area contributed by atoms with Crippen molar-refractivity contribution in [1.82, 2.24) is 5.32 Å². The third-order valence-electron chi connectivity index (χ3n) is 5.21. The van der Waals surface area contributed by atoms with Crippen LogP contribution in [0.3, 0.4) is 0 Å². The highest BCUT2D eigenvalue weighted by Crippen LogP contribution is 2.32. The van der Waals surface area contributed by atoms with E-state index < -0.39 is 15.9 Å². The van der Waals surface area contributed by atoms with E-state index >= 15 is 0 Å². The van der Waals surface area contributed by atoms with Crippen molar-refractivity contribution < 1.29 is 22.7 Å². The van der Waals surface area contributed by atoms with Crippen LogP contribution < -0.4 is 19.1 Å². The van der Waals surface area contributed by atoms with Crippen LogP contribution in [-0.4, -0.2) is 40.8 Å². The molecular formula is C24H34N2O5S. The summed E-state index contributed by atoms with van der Waals surface area (Å²) in [5.41, 5.74) is 3.34. The van der Waals surface area contributed by atoms with E-state index in [9.17, 15) is 13.2 Å². The van der Waals surface area contributed by atoms with Gasteiger partial charge < -0.3 is 14.8 Å². The summed E-state index contributed by atoms with van der Waals surface area (Å²) in [6.07, 6.45) is 1.08. The molecule has 2 aromatic carbocycles. The summed E-state index contributed by atoms with van der Waals surface area (Å²) >= 11 is 0. The summed E-state index contributed by atoms with van der Waals surface area (Å²) in [6.45, 7) is 9.87. The number of nitrogens with one attached hydrogen (secondary N) is 1. The molecule has 0 radical (unpaired) electrons. The number of sulfonamides is 1. The zero-order valence-electron chi connectivity index (χ0n) is 19.9. The first kappa shape index (κ1) is 25.5. The number of anilines is 1. The maximum atomic E-state index is 12.9. The van der Waals surface area contributed by atoms with Crippen molar-refractivity contribution in [3.05, 3.63) is 53.1 Å². The van der Waals surface area contributed by atoms with Crippen molar-refractivity contribution in [3.63, 3.8) is 0 Å². The minimum atomic E-state index is -3.71. The number of aryl methyl sites for hydroxylation is 1. The average Bonchev–Trinajstić information content (AvgIpc) is 2.71. The van der Waals surface area contributed by atoms with E-state index in [1.807, 2.05) is 32.9 Å². The lowest BCUT2D eigenvalue weighted by Gasteiger charge is -2.26. The molecule has 32 heavy (non-hydrogen) atoms. The highest BCUT2D eigenvalue weighted by Gasteiger charge is 2.25. The molecule has 0 fully saturated rings. The summed E-state index contributed by atoms with van der Waals surface area (Å²) in [4.78, 5) is 12.9. The van der Waals surface area contributed by atoms with Gasteiger partial charge in [-0.15, -0.1) is 0 Å². The Morgan fingerprint density at radius 1 is 1.09 bits per heavy atom. The summed E-state index contributed by atoms with van der Waals surface area (Å²) in [6, 6.07) is 10.5. The molecule has 0 saturated heterocycles. The van der Waals surface area contributed by atoms with Crippen LogP contribution in [0.2, 0.25) is 0 Å². The van der Waals surface area contributed by atoms with Gasteiger partial charge in [-0.2, -0.15) is 0 Å². The topological polar surface area (TPSA) is 84.9 Å². The number of carbonyl (C=O) groups is 1. The summed E-state index contributed by atoms with van der Waals surface area (Å²) in [5.74, 6) is 1.07. The van der Waals surface area contributed by atoms with Crippen molar-refractivity contribution in [2.75, 3.05) is 30.8 Å². The van der Waals surface area contributed by atoms with E-state index in [0.29, 0.717) is 18.0 Å². The quantitative estimate of drug-likeness (QED) is 0.573. The van der Waals surface area contributed by atoms with Gasteiger partial charge >= 0.3 is 0 Å². The molecule has 1 atom stereocenters. The minimum absolute atomic E-state index is 0.253. The minimum Gasteiger partial charge on any atom is -0.496 e. The molecule has 0 saturated carbocycles.